The number of thioether (sulfide) groups is 1. The Labute approximate surface area is 141 Å². The lowest BCUT2D eigenvalue weighted by Gasteiger charge is -2.24. The largest absolute Gasteiger partial charge is 0.497 e. The van der Waals surface area contributed by atoms with E-state index in [1.54, 1.807) is 18.9 Å². The second kappa shape index (κ2) is 7.09. The van der Waals surface area contributed by atoms with Crippen molar-refractivity contribution >= 4 is 17.7 Å². The standard InChI is InChI=1S/C19H21NO2S/c1-3-14-4-8-16(9-5-14)19-20(18(21)13-23-19)12-15-6-10-17(22-2)11-7-15/h4-11,19H,3,12-13H2,1-2H3/t19-/m0/s1. The summed E-state index contributed by atoms with van der Waals surface area (Å²) < 4.78 is 5.19. The van der Waals surface area contributed by atoms with Gasteiger partial charge in [-0.25, -0.2) is 0 Å². The van der Waals surface area contributed by atoms with Gasteiger partial charge in [0.1, 0.15) is 11.1 Å². The number of carbonyl (C=O) groups is 1. The van der Waals surface area contributed by atoms with Crippen molar-refractivity contribution < 1.29 is 9.53 Å². The summed E-state index contributed by atoms with van der Waals surface area (Å²) in [5.74, 6) is 1.59. The molecule has 2 aromatic rings. The van der Waals surface area contributed by atoms with Gasteiger partial charge in [0.15, 0.2) is 0 Å². The number of carbonyl (C=O) groups excluding carboxylic acids is 1. The molecule has 0 bridgehead atoms. The third-order valence-electron chi connectivity index (χ3n) is 4.15. The maximum Gasteiger partial charge on any atom is 0.234 e. The number of ether oxygens (including phenoxy) is 1. The van der Waals surface area contributed by atoms with Crippen LogP contribution in [-0.2, 0) is 17.8 Å². The molecule has 3 nitrogen and oxygen atoms in total. The van der Waals surface area contributed by atoms with Crippen LogP contribution in [0.15, 0.2) is 48.5 Å². The third-order valence-corrected chi connectivity index (χ3v) is 5.41. The molecule has 0 radical (unpaired) electrons. The molecule has 1 saturated heterocycles. The minimum absolute atomic E-state index is 0.107. The summed E-state index contributed by atoms with van der Waals surface area (Å²) in [6, 6.07) is 16.5. The van der Waals surface area contributed by atoms with Gasteiger partial charge in [0, 0.05) is 6.54 Å². The molecule has 1 aliphatic heterocycles. The predicted octanol–water partition coefficient (Wildman–Crippen LogP) is 4.03. The van der Waals surface area contributed by atoms with Crippen LogP contribution >= 0.6 is 11.8 Å². The molecule has 2 aromatic carbocycles. The topological polar surface area (TPSA) is 29.5 Å². The molecule has 1 heterocycles. The number of rotatable bonds is 5. The minimum Gasteiger partial charge on any atom is -0.497 e. The zero-order valence-electron chi connectivity index (χ0n) is 13.5. The fourth-order valence-corrected chi connectivity index (χ4v) is 3.93. The molecule has 1 fully saturated rings. The Bertz CT molecular complexity index is 667. The monoisotopic (exact) mass is 327 g/mol. The molecule has 0 spiro atoms. The summed E-state index contributed by atoms with van der Waals surface area (Å²) in [4.78, 5) is 14.3. The molecule has 23 heavy (non-hydrogen) atoms. The van der Waals surface area contributed by atoms with Crippen molar-refractivity contribution in [2.75, 3.05) is 12.9 Å². The summed E-state index contributed by atoms with van der Waals surface area (Å²) in [6.45, 7) is 2.79. The van der Waals surface area contributed by atoms with Gasteiger partial charge in [-0.15, -0.1) is 11.8 Å². The van der Waals surface area contributed by atoms with Crippen molar-refractivity contribution in [2.45, 2.75) is 25.3 Å². The zero-order chi connectivity index (χ0) is 16.2. The molecule has 0 unspecified atom stereocenters. The smallest absolute Gasteiger partial charge is 0.234 e. The summed E-state index contributed by atoms with van der Waals surface area (Å²) in [5, 5.41) is 0.107. The van der Waals surface area contributed by atoms with Gasteiger partial charge in [-0.3, -0.25) is 4.79 Å². The second-order valence-electron chi connectivity index (χ2n) is 5.63. The summed E-state index contributed by atoms with van der Waals surface area (Å²) in [6.07, 6.45) is 1.03. The first-order valence-electron chi connectivity index (χ1n) is 7.84. The fourth-order valence-electron chi connectivity index (χ4n) is 2.75. The van der Waals surface area contributed by atoms with E-state index in [2.05, 4.69) is 31.2 Å². The van der Waals surface area contributed by atoms with E-state index < -0.39 is 0 Å². The highest BCUT2D eigenvalue weighted by Gasteiger charge is 2.32. The molecule has 3 rings (SSSR count). The maximum atomic E-state index is 12.3. The van der Waals surface area contributed by atoms with Gasteiger partial charge in [0.05, 0.1) is 12.9 Å². The van der Waals surface area contributed by atoms with E-state index in [1.165, 1.54) is 11.1 Å². The van der Waals surface area contributed by atoms with Crippen molar-refractivity contribution in [3.05, 3.63) is 65.2 Å². The molecule has 1 aliphatic rings. The van der Waals surface area contributed by atoms with E-state index in [-0.39, 0.29) is 11.3 Å². The van der Waals surface area contributed by atoms with Crippen LogP contribution in [0.3, 0.4) is 0 Å². The first-order valence-corrected chi connectivity index (χ1v) is 8.89. The van der Waals surface area contributed by atoms with Gasteiger partial charge in [-0.1, -0.05) is 43.3 Å². The van der Waals surface area contributed by atoms with Gasteiger partial charge < -0.3 is 9.64 Å². The van der Waals surface area contributed by atoms with Crippen LogP contribution in [0, 0.1) is 0 Å². The van der Waals surface area contributed by atoms with Crippen LogP contribution in [0.4, 0.5) is 0 Å². The number of benzene rings is 2. The van der Waals surface area contributed by atoms with E-state index in [0.29, 0.717) is 12.3 Å². The summed E-state index contributed by atoms with van der Waals surface area (Å²) in [7, 11) is 1.66. The fraction of sp³-hybridized carbons (Fsp3) is 0.316. The molecule has 0 saturated carbocycles. The summed E-state index contributed by atoms with van der Waals surface area (Å²) in [5.41, 5.74) is 3.65. The maximum absolute atomic E-state index is 12.3. The van der Waals surface area contributed by atoms with Gasteiger partial charge >= 0.3 is 0 Å². The van der Waals surface area contributed by atoms with E-state index >= 15 is 0 Å². The minimum atomic E-state index is 0.107. The first kappa shape index (κ1) is 15.9. The third kappa shape index (κ3) is 3.53. The number of hydrogen-bond acceptors (Lipinski definition) is 3. The van der Waals surface area contributed by atoms with Crippen molar-refractivity contribution in [2.24, 2.45) is 0 Å². The average Bonchev–Trinajstić information content (AvgIpc) is 2.96. The molecule has 0 N–H and O–H groups in total. The number of nitrogens with zero attached hydrogens (tertiary/aromatic N) is 1. The van der Waals surface area contributed by atoms with Gasteiger partial charge in [0.25, 0.3) is 0 Å². The van der Waals surface area contributed by atoms with Crippen LogP contribution in [0.2, 0.25) is 0 Å². The van der Waals surface area contributed by atoms with Crippen molar-refractivity contribution in [3.63, 3.8) is 0 Å². The molecule has 4 heteroatoms. The highest BCUT2D eigenvalue weighted by Crippen LogP contribution is 2.39. The molecule has 1 atom stereocenters. The Morgan fingerprint density at radius 2 is 1.74 bits per heavy atom. The van der Waals surface area contributed by atoms with Crippen molar-refractivity contribution in [1.82, 2.24) is 4.90 Å². The Hall–Kier alpha value is -1.94. The van der Waals surface area contributed by atoms with Crippen LogP contribution in [-0.4, -0.2) is 23.7 Å². The number of aryl methyl sites for hydroxylation is 1. The number of methoxy groups -OCH3 is 1. The Morgan fingerprint density at radius 1 is 1.09 bits per heavy atom. The van der Waals surface area contributed by atoms with Crippen molar-refractivity contribution in [3.8, 4) is 5.75 Å². The quantitative estimate of drug-likeness (QED) is 0.830. The highest BCUT2D eigenvalue weighted by atomic mass is 32.2. The van der Waals surface area contributed by atoms with Crippen LogP contribution in [0.25, 0.3) is 0 Å². The van der Waals surface area contributed by atoms with Gasteiger partial charge in [0.2, 0.25) is 5.91 Å². The van der Waals surface area contributed by atoms with Gasteiger partial charge in [-0.2, -0.15) is 0 Å². The van der Waals surface area contributed by atoms with E-state index in [4.69, 9.17) is 4.74 Å². The molecule has 0 aliphatic carbocycles. The summed E-state index contributed by atoms with van der Waals surface area (Å²) >= 11 is 1.70. The van der Waals surface area contributed by atoms with Crippen LogP contribution in [0.1, 0.15) is 29.0 Å². The highest BCUT2D eigenvalue weighted by molar-refractivity contribution is 8.00. The van der Waals surface area contributed by atoms with Crippen LogP contribution in [0.5, 0.6) is 5.75 Å². The van der Waals surface area contributed by atoms with E-state index in [0.717, 1.165) is 17.7 Å². The first-order chi connectivity index (χ1) is 11.2. The van der Waals surface area contributed by atoms with Crippen LogP contribution < -0.4 is 4.74 Å². The predicted molar refractivity (Wildman–Crippen MR) is 94.6 cm³/mol. The lowest BCUT2D eigenvalue weighted by molar-refractivity contribution is -0.128. The van der Waals surface area contributed by atoms with E-state index in [9.17, 15) is 4.79 Å². The Kier molecular flexibility index (Phi) is 4.91. The van der Waals surface area contributed by atoms with Crippen molar-refractivity contribution in [1.29, 1.82) is 0 Å². The van der Waals surface area contributed by atoms with E-state index in [1.807, 2.05) is 29.2 Å². The molecular formula is C19H21NO2S. The molecule has 120 valence electrons. The zero-order valence-corrected chi connectivity index (χ0v) is 14.3. The lowest BCUT2D eigenvalue weighted by atomic mass is 10.1. The average molecular weight is 327 g/mol. The number of hydrogen-bond donors (Lipinski definition) is 0. The lowest BCUT2D eigenvalue weighted by Crippen LogP contribution is -2.27. The molecule has 1 amide bonds. The Balaban J connectivity index is 1.78. The molecular weight excluding hydrogens is 306 g/mol. The number of amides is 1. The SMILES string of the molecule is CCc1ccc([C@@H]2SCC(=O)N2Cc2ccc(OC)cc2)cc1. The second-order valence-corrected chi connectivity index (χ2v) is 6.70. The normalized spacial score (nSPS) is 17.6. The van der Waals surface area contributed by atoms with Gasteiger partial charge in [-0.05, 0) is 35.2 Å². The Morgan fingerprint density at radius 3 is 2.35 bits per heavy atom. The molecule has 0 aromatic heterocycles.